The highest BCUT2D eigenvalue weighted by atomic mass is 32.2. The van der Waals surface area contributed by atoms with Crippen molar-refractivity contribution in [2.75, 3.05) is 31.1 Å². The van der Waals surface area contributed by atoms with Crippen LogP contribution in [-0.4, -0.2) is 48.3 Å². The monoisotopic (exact) mass is 368 g/mol. The summed E-state index contributed by atoms with van der Waals surface area (Å²) in [4.78, 5) is 6.64. The maximum absolute atomic E-state index is 13.3. The summed E-state index contributed by atoms with van der Waals surface area (Å²) >= 11 is 1.38. The van der Waals surface area contributed by atoms with Crippen molar-refractivity contribution in [3.05, 3.63) is 35.9 Å². The van der Waals surface area contributed by atoms with Gasteiger partial charge < -0.3 is 4.90 Å². The number of hydrogen-bond acceptors (Lipinski definition) is 6. The lowest BCUT2D eigenvalue weighted by atomic mass is 10.4. The van der Waals surface area contributed by atoms with Gasteiger partial charge in [-0.1, -0.05) is 6.07 Å². The van der Waals surface area contributed by atoms with Gasteiger partial charge in [0.05, 0.1) is 4.90 Å². The molecule has 0 bridgehead atoms. The normalized spacial score (nSPS) is 19.6. The molecule has 9 heteroatoms. The number of halogens is 1. The molecule has 1 aromatic heterocycles. The molecule has 0 N–H and O–H groups in total. The summed E-state index contributed by atoms with van der Waals surface area (Å²) in [6, 6.07) is 5.15. The number of piperazine rings is 1. The molecule has 0 atom stereocenters. The van der Waals surface area contributed by atoms with E-state index in [0.717, 1.165) is 29.9 Å². The average molecular weight is 368 g/mol. The van der Waals surface area contributed by atoms with E-state index in [9.17, 15) is 12.8 Å². The Bertz CT molecular complexity index is 843. The van der Waals surface area contributed by atoms with Crippen LogP contribution in [0.3, 0.4) is 0 Å². The van der Waals surface area contributed by atoms with E-state index in [4.69, 9.17) is 0 Å². The van der Waals surface area contributed by atoms with E-state index in [-0.39, 0.29) is 4.90 Å². The van der Waals surface area contributed by atoms with Crippen LogP contribution < -0.4 is 4.90 Å². The van der Waals surface area contributed by atoms with Gasteiger partial charge in [-0.3, -0.25) is 0 Å². The zero-order chi connectivity index (χ0) is 16.7. The van der Waals surface area contributed by atoms with Crippen molar-refractivity contribution < 1.29 is 12.8 Å². The molecule has 0 radical (unpaired) electrons. The number of nitrogens with zero attached hydrogens (tertiary/aromatic N) is 4. The molecule has 1 aromatic carbocycles. The fourth-order valence-corrected chi connectivity index (χ4v) is 5.01. The van der Waals surface area contributed by atoms with Crippen molar-refractivity contribution in [3.8, 4) is 0 Å². The molecule has 6 nitrogen and oxygen atoms in total. The quantitative estimate of drug-likeness (QED) is 0.826. The Morgan fingerprint density at radius 1 is 1.17 bits per heavy atom. The van der Waals surface area contributed by atoms with Gasteiger partial charge >= 0.3 is 0 Å². The molecule has 2 aromatic rings. The van der Waals surface area contributed by atoms with E-state index in [1.807, 2.05) is 0 Å². The average Bonchev–Trinajstić information content (AvgIpc) is 3.32. The standard InChI is InChI=1S/C15H17FN4O2S2/c16-12-2-1-3-13(10-12)24(21,22)20-8-6-19(7-9-20)15-17-14(18-23-15)11-4-5-11/h1-3,10-11H,4-9H2. The van der Waals surface area contributed by atoms with E-state index >= 15 is 0 Å². The molecule has 1 aliphatic heterocycles. The van der Waals surface area contributed by atoms with E-state index in [2.05, 4.69) is 14.3 Å². The van der Waals surface area contributed by atoms with Gasteiger partial charge in [0.25, 0.3) is 0 Å². The zero-order valence-corrected chi connectivity index (χ0v) is 14.6. The van der Waals surface area contributed by atoms with E-state index in [1.165, 1.54) is 34.0 Å². The van der Waals surface area contributed by atoms with Gasteiger partial charge in [0.15, 0.2) is 0 Å². The lowest BCUT2D eigenvalue weighted by Crippen LogP contribution is -2.48. The van der Waals surface area contributed by atoms with Gasteiger partial charge in [-0.25, -0.2) is 17.8 Å². The van der Waals surface area contributed by atoms with Crippen LogP contribution in [0.25, 0.3) is 0 Å². The van der Waals surface area contributed by atoms with Crippen LogP contribution in [0.5, 0.6) is 0 Å². The fourth-order valence-electron chi connectivity index (χ4n) is 2.76. The van der Waals surface area contributed by atoms with Gasteiger partial charge in [0.1, 0.15) is 11.6 Å². The number of rotatable bonds is 4. The van der Waals surface area contributed by atoms with Crippen molar-refractivity contribution in [1.82, 2.24) is 13.7 Å². The topological polar surface area (TPSA) is 66.4 Å². The third-order valence-electron chi connectivity index (χ3n) is 4.32. The molecule has 0 unspecified atom stereocenters. The fraction of sp³-hybridized carbons (Fsp3) is 0.467. The molecule has 4 rings (SSSR count). The van der Waals surface area contributed by atoms with Crippen molar-refractivity contribution in [3.63, 3.8) is 0 Å². The first-order valence-corrected chi connectivity index (χ1v) is 10.1. The minimum atomic E-state index is -3.65. The number of anilines is 1. The van der Waals surface area contributed by atoms with Crippen LogP contribution in [0.1, 0.15) is 24.6 Å². The van der Waals surface area contributed by atoms with Gasteiger partial charge in [-0.05, 0) is 31.0 Å². The third kappa shape index (κ3) is 3.03. The van der Waals surface area contributed by atoms with Crippen molar-refractivity contribution in [2.45, 2.75) is 23.7 Å². The molecule has 1 saturated carbocycles. The predicted molar refractivity (Wildman–Crippen MR) is 89.3 cm³/mol. The second-order valence-electron chi connectivity index (χ2n) is 6.06. The highest BCUT2D eigenvalue weighted by Crippen LogP contribution is 2.39. The Balaban J connectivity index is 1.45. The molecule has 24 heavy (non-hydrogen) atoms. The summed E-state index contributed by atoms with van der Waals surface area (Å²) in [7, 11) is -3.65. The van der Waals surface area contributed by atoms with Gasteiger partial charge in [0.2, 0.25) is 15.2 Å². The largest absolute Gasteiger partial charge is 0.344 e. The third-order valence-corrected chi connectivity index (χ3v) is 7.00. The number of benzene rings is 1. The van der Waals surface area contributed by atoms with Crippen LogP contribution in [0.4, 0.5) is 9.52 Å². The van der Waals surface area contributed by atoms with Crippen LogP contribution in [0.15, 0.2) is 29.2 Å². The Labute approximate surface area is 144 Å². The maximum Gasteiger partial charge on any atom is 0.243 e. The Kier molecular flexibility index (Phi) is 4.01. The first-order chi connectivity index (χ1) is 11.5. The summed E-state index contributed by atoms with van der Waals surface area (Å²) in [6.07, 6.45) is 2.33. The maximum atomic E-state index is 13.3. The molecule has 128 valence electrons. The SMILES string of the molecule is O=S(=O)(c1cccc(F)c1)N1CCN(c2nc(C3CC3)ns2)CC1. The summed E-state index contributed by atoms with van der Waals surface area (Å²) in [5.41, 5.74) is 0. The minimum Gasteiger partial charge on any atom is -0.344 e. The molecule has 1 saturated heterocycles. The first kappa shape index (κ1) is 15.9. The molecule has 1 aliphatic carbocycles. The summed E-state index contributed by atoms with van der Waals surface area (Å²) < 4.78 is 44.3. The van der Waals surface area contributed by atoms with Crippen molar-refractivity contribution in [2.24, 2.45) is 0 Å². The Morgan fingerprint density at radius 3 is 2.58 bits per heavy atom. The molecule has 2 fully saturated rings. The van der Waals surface area contributed by atoms with Crippen LogP contribution in [0.2, 0.25) is 0 Å². The second kappa shape index (κ2) is 6.05. The number of aromatic nitrogens is 2. The highest BCUT2D eigenvalue weighted by molar-refractivity contribution is 7.89. The van der Waals surface area contributed by atoms with Gasteiger partial charge in [-0.15, -0.1) is 0 Å². The minimum absolute atomic E-state index is 0.00267. The van der Waals surface area contributed by atoms with E-state index < -0.39 is 15.8 Å². The lowest BCUT2D eigenvalue weighted by molar-refractivity contribution is 0.384. The second-order valence-corrected chi connectivity index (χ2v) is 8.73. The van der Waals surface area contributed by atoms with Gasteiger partial charge in [0, 0.05) is 43.6 Å². The van der Waals surface area contributed by atoms with E-state index in [0.29, 0.717) is 32.1 Å². The molecular formula is C15H17FN4O2S2. The zero-order valence-electron chi connectivity index (χ0n) is 12.9. The van der Waals surface area contributed by atoms with E-state index in [1.54, 1.807) is 0 Å². The molecule has 0 spiro atoms. The first-order valence-electron chi connectivity index (χ1n) is 7.88. The summed E-state index contributed by atoms with van der Waals surface area (Å²) in [6.45, 7) is 1.84. The summed E-state index contributed by atoms with van der Waals surface area (Å²) in [5, 5.41) is 0.861. The molecular weight excluding hydrogens is 351 g/mol. The Morgan fingerprint density at radius 2 is 1.92 bits per heavy atom. The molecule has 0 amide bonds. The smallest absolute Gasteiger partial charge is 0.243 e. The highest BCUT2D eigenvalue weighted by Gasteiger charge is 2.32. The van der Waals surface area contributed by atoms with Crippen LogP contribution in [0, 0.1) is 5.82 Å². The molecule has 2 heterocycles. The van der Waals surface area contributed by atoms with Crippen LogP contribution in [-0.2, 0) is 10.0 Å². The lowest BCUT2D eigenvalue weighted by Gasteiger charge is -2.33. The summed E-state index contributed by atoms with van der Waals surface area (Å²) in [5.74, 6) is 0.894. The number of hydrogen-bond donors (Lipinski definition) is 0. The molecule has 2 aliphatic rings. The van der Waals surface area contributed by atoms with Crippen molar-refractivity contribution >= 4 is 26.7 Å². The predicted octanol–water partition coefficient (Wildman–Crippen LogP) is 2.07. The van der Waals surface area contributed by atoms with Gasteiger partial charge in [-0.2, -0.15) is 8.68 Å². The van der Waals surface area contributed by atoms with Crippen molar-refractivity contribution in [1.29, 1.82) is 0 Å². The van der Waals surface area contributed by atoms with Crippen LogP contribution >= 0.6 is 11.5 Å². The Hall–Kier alpha value is -1.58. The number of sulfonamides is 1.